The van der Waals surface area contributed by atoms with Gasteiger partial charge in [0, 0.05) is 13.2 Å². The van der Waals surface area contributed by atoms with Gasteiger partial charge in [-0.15, -0.1) is 0 Å². The van der Waals surface area contributed by atoms with Gasteiger partial charge in [0.2, 0.25) is 0 Å². The summed E-state index contributed by atoms with van der Waals surface area (Å²) in [4.78, 5) is 0. The predicted molar refractivity (Wildman–Crippen MR) is 102 cm³/mol. The average molecular weight is 323 g/mol. The van der Waals surface area contributed by atoms with Gasteiger partial charge in [0.1, 0.15) is 0 Å². The molecule has 0 amide bonds. The van der Waals surface area contributed by atoms with Crippen LogP contribution in [0, 0.1) is 0 Å². The predicted octanol–water partition coefficient (Wildman–Crippen LogP) is 4.51. The van der Waals surface area contributed by atoms with Crippen LogP contribution in [0.1, 0.15) is 44.4 Å². The third-order valence-corrected chi connectivity index (χ3v) is 5.13. The molecule has 0 aromatic heterocycles. The fourth-order valence-electron chi connectivity index (χ4n) is 4.10. The van der Waals surface area contributed by atoms with Crippen LogP contribution < -0.4 is 5.32 Å². The lowest BCUT2D eigenvalue weighted by Gasteiger charge is -2.32. The summed E-state index contributed by atoms with van der Waals surface area (Å²) in [7, 11) is 2.03. The quantitative estimate of drug-likeness (QED) is 0.874. The number of hydrogen-bond donors (Lipinski definition) is 1. The van der Waals surface area contributed by atoms with Crippen molar-refractivity contribution in [3.8, 4) is 11.1 Å². The van der Waals surface area contributed by atoms with Crippen molar-refractivity contribution >= 4 is 0 Å². The molecule has 1 atom stereocenters. The lowest BCUT2D eigenvalue weighted by Crippen LogP contribution is -2.40. The van der Waals surface area contributed by atoms with Gasteiger partial charge in [0.05, 0.1) is 12.0 Å². The Balaban J connectivity index is 2.32. The molecular formula is C22H29NO. The third kappa shape index (κ3) is 2.58. The van der Waals surface area contributed by atoms with Crippen molar-refractivity contribution in [2.75, 3.05) is 26.8 Å². The van der Waals surface area contributed by atoms with Crippen LogP contribution in [-0.4, -0.2) is 26.8 Å². The fraction of sp³-hybridized carbons (Fsp3) is 0.455. The fourth-order valence-corrected chi connectivity index (χ4v) is 4.10. The first-order chi connectivity index (χ1) is 11.5. The van der Waals surface area contributed by atoms with Crippen LogP contribution in [0.4, 0.5) is 0 Å². The van der Waals surface area contributed by atoms with Gasteiger partial charge in [-0.3, -0.25) is 0 Å². The number of likely N-dealkylation sites (N-methyl/N-ethyl adjacent to an activating group) is 1. The van der Waals surface area contributed by atoms with Crippen molar-refractivity contribution < 1.29 is 4.74 Å². The molecule has 0 saturated carbocycles. The van der Waals surface area contributed by atoms with Crippen molar-refractivity contribution in [3.05, 3.63) is 59.2 Å². The van der Waals surface area contributed by atoms with Gasteiger partial charge in [-0.05, 0) is 47.2 Å². The second-order valence-corrected chi connectivity index (χ2v) is 7.77. The SMILES string of the molecule is CCOCC1(CNC)c2ccccc2-c2c(C(C)(C)C)cccc21. The molecule has 0 spiro atoms. The summed E-state index contributed by atoms with van der Waals surface area (Å²) in [5, 5.41) is 3.42. The molecule has 2 aromatic carbocycles. The van der Waals surface area contributed by atoms with Crippen LogP contribution >= 0.6 is 0 Å². The molecule has 0 heterocycles. The summed E-state index contributed by atoms with van der Waals surface area (Å²) in [6.45, 7) is 11.3. The topological polar surface area (TPSA) is 21.3 Å². The van der Waals surface area contributed by atoms with Gasteiger partial charge in [-0.25, -0.2) is 0 Å². The summed E-state index contributed by atoms with van der Waals surface area (Å²) in [5.74, 6) is 0. The zero-order chi connectivity index (χ0) is 17.4. The Labute approximate surface area is 146 Å². The molecule has 1 N–H and O–H groups in total. The van der Waals surface area contributed by atoms with Gasteiger partial charge in [0.25, 0.3) is 0 Å². The minimum atomic E-state index is -0.113. The van der Waals surface area contributed by atoms with E-state index in [1.807, 2.05) is 7.05 Å². The van der Waals surface area contributed by atoms with Gasteiger partial charge in [-0.1, -0.05) is 63.2 Å². The Hall–Kier alpha value is -1.64. The van der Waals surface area contributed by atoms with Gasteiger partial charge < -0.3 is 10.1 Å². The van der Waals surface area contributed by atoms with Crippen LogP contribution in [0.25, 0.3) is 11.1 Å². The molecule has 2 aromatic rings. The highest BCUT2D eigenvalue weighted by Crippen LogP contribution is 2.52. The van der Waals surface area contributed by atoms with Crippen LogP contribution in [0.2, 0.25) is 0 Å². The Morgan fingerprint density at radius 2 is 1.71 bits per heavy atom. The van der Waals surface area contributed by atoms with Crippen molar-refractivity contribution in [2.45, 2.75) is 38.5 Å². The average Bonchev–Trinajstić information content (AvgIpc) is 2.84. The summed E-state index contributed by atoms with van der Waals surface area (Å²) in [6, 6.07) is 15.6. The molecular weight excluding hydrogens is 294 g/mol. The summed E-state index contributed by atoms with van der Waals surface area (Å²) < 4.78 is 5.97. The molecule has 0 bridgehead atoms. The summed E-state index contributed by atoms with van der Waals surface area (Å²) >= 11 is 0. The minimum Gasteiger partial charge on any atom is -0.380 e. The second-order valence-electron chi connectivity index (χ2n) is 7.77. The van der Waals surface area contributed by atoms with Gasteiger partial charge >= 0.3 is 0 Å². The van der Waals surface area contributed by atoms with E-state index in [1.54, 1.807) is 0 Å². The highest BCUT2D eigenvalue weighted by atomic mass is 16.5. The van der Waals surface area contributed by atoms with Crippen LogP contribution in [0.15, 0.2) is 42.5 Å². The van der Waals surface area contributed by atoms with Crippen molar-refractivity contribution in [3.63, 3.8) is 0 Å². The van der Waals surface area contributed by atoms with Crippen molar-refractivity contribution in [1.82, 2.24) is 5.32 Å². The number of fused-ring (bicyclic) bond motifs is 3. The Morgan fingerprint density at radius 3 is 2.38 bits per heavy atom. The first-order valence-corrected chi connectivity index (χ1v) is 8.92. The van der Waals surface area contributed by atoms with E-state index in [1.165, 1.54) is 27.8 Å². The molecule has 2 nitrogen and oxygen atoms in total. The zero-order valence-electron chi connectivity index (χ0n) is 15.6. The molecule has 128 valence electrons. The monoisotopic (exact) mass is 323 g/mol. The summed E-state index contributed by atoms with van der Waals surface area (Å²) in [6.07, 6.45) is 0. The van der Waals surface area contributed by atoms with Crippen LogP contribution in [0.3, 0.4) is 0 Å². The zero-order valence-corrected chi connectivity index (χ0v) is 15.6. The normalized spacial score (nSPS) is 19.2. The molecule has 3 rings (SSSR count). The number of ether oxygens (including phenoxy) is 1. The Kier molecular flexibility index (Phi) is 4.54. The molecule has 0 aliphatic heterocycles. The van der Waals surface area contributed by atoms with E-state index in [9.17, 15) is 0 Å². The number of rotatable bonds is 5. The maximum Gasteiger partial charge on any atom is 0.0616 e. The molecule has 1 aliphatic rings. The first-order valence-electron chi connectivity index (χ1n) is 8.92. The van der Waals surface area contributed by atoms with E-state index in [-0.39, 0.29) is 10.8 Å². The van der Waals surface area contributed by atoms with Crippen molar-refractivity contribution in [2.24, 2.45) is 0 Å². The first kappa shape index (κ1) is 17.2. The lowest BCUT2D eigenvalue weighted by molar-refractivity contribution is 0.108. The smallest absolute Gasteiger partial charge is 0.0616 e. The van der Waals surface area contributed by atoms with E-state index < -0.39 is 0 Å². The molecule has 24 heavy (non-hydrogen) atoms. The van der Waals surface area contributed by atoms with E-state index in [4.69, 9.17) is 4.74 Å². The van der Waals surface area contributed by atoms with Crippen molar-refractivity contribution in [1.29, 1.82) is 0 Å². The Bertz CT molecular complexity index is 729. The van der Waals surface area contributed by atoms with Gasteiger partial charge in [-0.2, -0.15) is 0 Å². The van der Waals surface area contributed by atoms with Crippen LogP contribution in [0.5, 0.6) is 0 Å². The molecule has 0 radical (unpaired) electrons. The lowest BCUT2D eigenvalue weighted by atomic mass is 9.76. The summed E-state index contributed by atoms with van der Waals surface area (Å²) in [5.41, 5.74) is 6.99. The number of nitrogens with one attached hydrogen (secondary N) is 1. The van der Waals surface area contributed by atoms with E-state index in [0.717, 1.165) is 13.2 Å². The largest absolute Gasteiger partial charge is 0.380 e. The minimum absolute atomic E-state index is 0.111. The van der Waals surface area contributed by atoms with E-state index >= 15 is 0 Å². The maximum absolute atomic E-state index is 5.97. The third-order valence-electron chi connectivity index (χ3n) is 5.13. The highest BCUT2D eigenvalue weighted by Gasteiger charge is 2.44. The molecule has 1 unspecified atom stereocenters. The molecule has 0 saturated heterocycles. The molecule has 1 aliphatic carbocycles. The second kappa shape index (κ2) is 6.34. The van der Waals surface area contributed by atoms with E-state index in [0.29, 0.717) is 6.61 Å². The highest BCUT2D eigenvalue weighted by molar-refractivity contribution is 5.84. The number of benzene rings is 2. The molecule has 0 fully saturated rings. The number of hydrogen-bond acceptors (Lipinski definition) is 2. The standard InChI is InChI=1S/C22H29NO/c1-6-24-15-22(14-23-5)17-11-8-7-10-16(17)20-18(21(2,3)4)12-9-13-19(20)22/h7-13,23H,6,14-15H2,1-5H3. The van der Waals surface area contributed by atoms with Gasteiger partial charge in [0.15, 0.2) is 0 Å². The Morgan fingerprint density at radius 1 is 1.00 bits per heavy atom. The van der Waals surface area contributed by atoms with Crippen LogP contribution in [-0.2, 0) is 15.6 Å². The maximum atomic E-state index is 5.97. The van der Waals surface area contributed by atoms with E-state index in [2.05, 4.69) is 75.5 Å². The molecule has 2 heteroatoms.